The molecule has 0 aromatic heterocycles. The van der Waals surface area contributed by atoms with E-state index in [-0.39, 0.29) is 6.04 Å². The molecule has 0 bridgehead atoms. The molecular formula is C13H23NO2S. The summed E-state index contributed by atoms with van der Waals surface area (Å²) in [6, 6.07) is 0.358. The number of hydrogen-bond acceptors (Lipinski definition) is 3. The Morgan fingerprint density at radius 2 is 2.18 bits per heavy atom. The number of hydrogen-bond donors (Lipinski definition) is 1. The molecule has 0 amide bonds. The van der Waals surface area contributed by atoms with E-state index in [2.05, 4.69) is 11.2 Å². The van der Waals surface area contributed by atoms with Crippen LogP contribution in [0.5, 0.6) is 0 Å². The van der Waals surface area contributed by atoms with E-state index >= 15 is 0 Å². The Labute approximate surface area is 108 Å². The lowest BCUT2D eigenvalue weighted by Gasteiger charge is -2.32. The van der Waals surface area contributed by atoms with Crippen molar-refractivity contribution in [1.82, 2.24) is 4.90 Å². The summed E-state index contributed by atoms with van der Waals surface area (Å²) in [6.07, 6.45) is 9.16. The topological polar surface area (TPSA) is 40.5 Å². The second kappa shape index (κ2) is 6.10. The largest absolute Gasteiger partial charge is 0.480 e. The standard InChI is InChI=1S/C13H23NO2S/c1-17-8-4-7-14-11-6-3-2-5-10(11)9-12(14)13(15)16/h10-12H,2-9H2,1H3,(H,15,16). The van der Waals surface area contributed by atoms with Crippen LogP contribution in [0.1, 0.15) is 38.5 Å². The van der Waals surface area contributed by atoms with Gasteiger partial charge in [-0.2, -0.15) is 11.8 Å². The second-order valence-corrected chi connectivity index (χ2v) is 6.27. The van der Waals surface area contributed by atoms with Gasteiger partial charge in [-0.3, -0.25) is 9.69 Å². The predicted octanol–water partition coefficient (Wildman–Crippen LogP) is 2.46. The number of fused-ring (bicyclic) bond motifs is 1. The highest BCUT2D eigenvalue weighted by Gasteiger charge is 2.44. The van der Waals surface area contributed by atoms with E-state index in [0.29, 0.717) is 12.0 Å². The number of thioether (sulfide) groups is 1. The summed E-state index contributed by atoms with van der Waals surface area (Å²) in [5, 5.41) is 9.34. The van der Waals surface area contributed by atoms with Crippen molar-refractivity contribution in [3.05, 3.63) is 0 Å². The maximum atomic E-state index is 11.3. The van der Waals surface area contributed by atoms with E-state index in [1.165, 1.54) is 25.7 Å². The van der Waals surface area contributed by atoms with Crippen LogP contribution < -0.4 is 0 Å². The van der Waals surface area contributed by atoms with Crippen molar-refractivity contribution in [3.63, 3.8) is 0 Å². The summed E-state index contributed by atoms with van der Waals surface area (Å²) >= 11 is 1.85. The average Bonchev–Trinajstić information content (AvgIpc) is 2.69. The van der Waals surface area contributed by atoms with Crippen molar-refractivity contribution in [2.75, 3.05) is 18.6 Å². The molecule has 1 aliphatic carbocycles. The third-order valence-corrected chi connectivity index (χ3v) is 4.97. The van der Waals surface area contributed by atoms with E-state index in [1.807, 2.05) is 11.8 Å². The number of rotatable bonds is 5. The number of likely N-dealkylation sites (tertiary alicyclic amines) is 1. The van der Waals surface area contributed by atoms with Crippen molar-refractivity contribution >= 4 is 17.7 Å². The summed E-state index contributed by atoms with van der Waals surface area (Å²) in [4.78, 5) is 13.6. The molecule has 2 fully saturated rings. The zero-order chi connectivity index (χ0) is 12.3. The van der Waals surface area contributed by atoms with Crippen molar-refractivity contribution in [1.29, 1.82) is 0 Å². The van der Waals surface area contributed by atoms with E-state index < -0.39 is 5.97 Å². The maximum absolute atomic E-state index is 11.3. The van der Waals surface area contributed by atoms with Crippen LogP contribution in [0.15, 0.2) is 0 Å². The number of aliphatic carboxylic acids is 1. The monoisotopic (exact) mass is 257 g/mol. The summed E-state index contributed by atoms with van der Waals surface area (Å²) in [5.74, 6) is 1.18. The summed E-state index contributed by atoms with van der Waals surface area (Å²) in [5.41, 5.74) is 0. The molecule has 1 saturated carbocycles. The number of carbonyl (C=O) groups is 1. The number of carboxylic acid groups (broad SMARTS) is 1. The second-order valence-electron chi connectivity index (χ2n) is 5.29. The lowest BCUT2D eigenvalue weighted by Crippen LogP contribution is -2.42. The predicted molar refractivity (Wildman–Crippen MR) is 71.5 cm³/mol. The van der Waals surface area contributed by atoms with Crippen LogP contribution >= 0.6 is 11.8 Å². The Kier molecular flexibility index (Phi) is 4.74. The molecule has 0 radical (unpaired) electrons. The maximum Gasteiger partial charge on any atom is 0.320 e. The molecule has 1 saturated heterocycles. The minimum Gasteiger partial charge on any atom is -0.480 e. The van der Waals surface area contributed by atoms with Gasteiger partial charge in [0.25, 0.3) is 0 Å². The molecule has 4 heteroatoms. The Morgan fingerprint density at radius 3 is 2.88 bits per heavy atom. The molecule has 0 spiro atoms. The van der Waals surface area contributed by atoms with Crippen molar-refractivity contribution in [2.45, 2.75) is 50.6 Å². The summed E-state index contributed by atoms with van der Waals surface area (Å²) in [7, 11) is 0. The van der Waals surface area contributed by atoms with E-state index in [0.717, 1.165) is 25.1 Å². The zero-order valence-electron chi connectivity index (χ0n) is 10.6. The minimum absolute atomic E-state index is 0.204. The van der Waals surface area contributed by atoms with Crippen LogP contribution in [-0.2, 0) is 4.79 Å². The van der Waals surface area contributed by atoms with Crippen LogP contribution in [-0.4, -0.2) is 46.6 Å². The average molecular weight is 257 g/mol. The van der Waals surface area contributed by atoms with Gasteiger partial charge in [0.1, 0.15) is 6.04 Å². The normalized spacial score (nSPS) is 33.6. The molecule has 98 valence electrons. The molecule has 3 nitrogen and oxygen atoms in total. The van der Waals surface area contributed by atoms with Crippen LogP contribution in [0, 0.1) is 5.92 Å². The van der Waals surface area contributed by atoms with Crippen LogP contribution in [0.25, 0.3) is 0 Å². The molecule has 17 heavy (non-hydrogen) atoms. The first-order valence-electron chi connectivity index (χ1n) is 6.71. The number of nitrogens with zero attached hydrogens (tertiary/aromatic N) is 1. The third kappa shape index (κ3) is 2.97. The minimum atomic E-state index is -0.608. The molecule has 1 aliphatic heterocycles. The lowest BCUT2D eigenvalue weighted by molar-refractivity contribution is -0.142. The van der Waals surface area contributed by atoms with Gasteiger partial charge in [0.2, 0.25) is 0 Å². The van der Waals surface area contributed by atoms with Crippen LogP contribution in [0.3, 0.4) is 0 Å². The SMILES string of the molecule is CSCCCN1C(C(=O)O)CC2CCCCC21. The fourth-order valence-corrected chi connectivity index (χ4v) is 3.93. The molecule has 0 aromatic rings. The van der Waals surface area contributed by atoms with Gasteiger partial charge in [-0.1, -0.05) is 12.8 Å². The molecule has 2 rings (SSSR count). The Morgan fingerprint density at radius 1 is 1.41 bits per heavy atom. The van der Waals surface area contributed by atoms with Gasteiger partial charge < -0.3 is 5.11 Å². The van der Waals surface area contributed by atoms with E-state index in [1.54, 1.807) is 0 Å². The Hall–Kier alpha value is -0.220. The first kappa shape index (κ1) is 13.2. The van der Waals surface area contributed by atoms with Gasteiger partial charge in [0, 0.05) is 12.6 Å². The molecule has 0 aromatic carbocycles. The highest BCUT2D eigenvalue weighted by Crippen LogP contribution is 2.39. The van der Waals surface area contributed by atoms with E-state index in [4.69, 9.17) is 0 Å². The highest BCUT2D eigenvalue weighted by molar-refractivity contribution is 7.98. The molecule has 1 heterocycles. The van der Waals surface area contributed by atoms with E-state index in [9.17, 15) is 9.90 Å². The molecule has 3 atom stereocenters. The fourth-order valence-electron chi connectivity index (χ4n) is 3.51. The van der Waals surface area contributed by atoms with Crippen LogP contribution in [0.2, 0.25) is 0 Å². The number of carboxylic acids is 1. The fraction of sp³-hybridized carbons (Fsp3) is 0.923. The lowest BCUT2D eigenvalue weighted by atomic mass is 9.85. The van der Waals surface area contributed by atoms with Crippen molar-refractivity contribution in [2.24, 2.45) is 5.92 Å². The van der Waals surface area contributed by atoms with Crippen LogP contribution in [0.4, 0.5) is 0 Å². The molecular weight excluding hydrogens is 234 g/mol. The first-order chi connectivity index (χ1) is 8.24. The first-order valence-corrected chi connectivity index (χ1v) is 8.11. The summed E-state index contributed by atoms with van der Waals surface area (Å²) < 4.78 is 0. The van der Waals surface area contributed by atoms with Gasteiger partial charge >= 0.3 is 5.97 Å². The van der Waals surface area contributed by atoms with Gasteiger partial charge in [-0.15, -0.1) is 0 Å². The Bertz CT molecular complexity index is 272. The molecule has 3 unspecified atom stereocenters. The molecule has 2 aliphatic rings. The van der Waals surface area contributed by atoms with Gasteiger partial charge in [-0.25, -0.2) is 0 Å². The van der Waals surface area contributed by atoms with Gasteiger partial charge in [0.05, 0.1) is 0 Å². The van der Waals surface area contributed by atoms with Crippen molar-refractivity contribution in [3.8, 4) is 0 Å². The Balaban J connectivity index is 1.98. The summed E-state index contributed by atoms with van der Waals surface area (Å²) in [6.45, 7) is 0.971. The van der Waals surface area contributed by atoms with Crippen molar-refractivity contribution < 1.29 is 9.90 Å². The smallest absolute Gasteiger partial charge is 0.320 e. The van der Waals surface area contributed by atoms with Gasteiger partial charge in [0.15, 0.2) is 0 Å². The highest BCUT2D eigenvalue weighted by atomic mass is 32.2. The third-order valence-electron chi connectivity index (χ3n) is 4.27. The molecule has 1 N–H and O–H groups in total. The quantitative estimate of drug-likeness (QED) is 0.768. The van der Waals surface area contributed by atoms with Gasteiger partial charge in [-0.05, 0) is 43.6 Å². The zero-order valence-corrected chi connectivity index (χ0v) is 11.4.